The highest BCUT2D eigenvalue weighted by atomic mass is 79.9. The fourth-order valence-electron chi connectivity index (χ4n) is 3.36. The summed E-state index contributed by atoms with van der Waals surface area (Å²) >= 11 is 3.39. The third-order valence-corrected chi connectivity index (χ3v) is 5.39. The summed E-state index contributed by atoms with van der Waals surface area (Å²) in [6.07, 6.45) is 4.92. The molecule has 0 bridgehead atoms. The standard InChI is InChI=1S/C24H14BrNO5/c1-13-18(31-24(28)21-11-15-10-16(25)4-6-19(15)29-21)7-5-17-22(27)20(30-23(13)17)9-14-3-2-8-26-12-14/h2-12H,1H3/b20-9-. The maximum absolute atomic E-state index is 12.7. The minimum absolute atomic E-state index is 0.0853. The third kappa shape index (κ3) is 3.53. The maximum atomic E-state index is 12.7. The minimum Gasteiger partial charge on any atom is -0.452 e. The molecule has 2 aromatic carbocycles. The first kappa shape index (κ1) is 19.3. The number of nitrogens with zero attached hydrogens (tertiary/aromatic N) is 1. The number of pyridine rings is 1. The summed E-state index contributed by atoms with van der Waals surface area (Å²) in [5.41, 5.74) is 2.30. The largest absolute Gasteiger partial charge is 0.452 e. The highest BCUT2D eigenvalue weighted by Gasteiger charge is 2.31. The predicted octanol–water partition coefficient (Wildman–Crippen LogP) is 5.73. The number of furan rings is 1. The van der Waals surface area contributed by atoms with Gasteiger partial charge in [-0.05, 0) is 61.0 Å². The van der Waals surface area contributed by atoms with Crippen molar-refractivity contribution in [1.29, 1.82) is 0 Å². The lowest BCUT2D eigenvalue weighted by molar-refractivity contribution is 0.0702. The number of benzene rings is 2. The van der Waals surface area contributed by atoms with Crippen LogP contribution in [-0.2, 0) is 0 Å². The van der Waals surface area contributed by atoms with Crippen molar-refractivity contribution in [2.45, 2.75) is 6.92 Å². The quantitative estimate of drug-likeness (QED) is 0.213. The van der Waals surface area contributed by atoms with Gasteiger partial charge in [0.2, 0.25) is 11.5 Å². The number of rotatable bonds is 3. The molecule has 0 saturated heterocycles. The van der Waals surface area contributed by atoms with Gasteiger partial charge in [-0.3, -0.25) is 9.78 Å². The Hall–Kier alpha value is -3.71. The molecule has 2 aromatic heterocycles. The van der Waals surface area contributed by atoms with Crippen LogP contribution in [0.5, 0.6) is 11.5 Å². The molecule has 5 rings (SSSR count). The van der Waals surface area contributed by atoms with Crippen molar-refractivity contribution in [3.05, 3.63) is 93.6 Å². The number of ketones is 1. The molecule has 4 aromatic rings. The molecule has 31 heavy (non-hydrogen) atoms. The lowest BCUT2D eigenvalue weighted by atomic mass is 10.1. The predicted molar refractivity (Wildman–Crippen MR) is 117 cm³/mol. The first-order chi connectivity index (χ1) is 15.0. The molecule has 3 heterocycles. The summed E-state index contributed by atoms with van der Waals surface area (Å²) in [6, 6.07) is 13.9. The number of Topliss-reactive ketones (excluding diaryl/α,β-unsaturated/α-hetero) is 1. The van der Waals surface area contributed by atoms with Crippen LogP contribution in [0.2, 0.25) is 0 Å². The Balaban J connectivity index is 1.42. The van der Waals surface area contributed by atoms with Crippen molar-refractivity contribution in [3.63, 3.8) is 0 Å². The molecule has 0 unspecified atom stereocenters. The zero-order valence-electron chi connectivity index (χ0n) is 16.2. The number of esters is 1. The minimum atomic E-state index is -0.633. The van der Waals surface area contributed by atoms with Crippen molar-refractivity contribution >= 4 is 44.7 Å². The monoisotopic (exact) mass is 475 g/mol. The van der Waals surface area contributed by atoms with Crippen molar-refractivity contribution in [1.82, 2.24) is 4.98 Å². The summed E-state index contributed by atoms with van der Waals surface area (Å²) in [5, 5.41) is 0.783. The number of carbonyl (C=O) groups excluding carboxylic acids is 2. The first-order valence-electron chi connectivity index (χ1n) is 9.39. The molecule has 0 aliphatic carbocycles. The van der Waals surface area contributed by atoms with Crippen molar-refractivity contribution in [2.75, 3.05) is 0 Å². The van der Waals surface area contributed by atoms with E-state index in [2.05, 4.69) is 20.9 Å². The van der Waals surface area contributed by atoms with Crippen LogP contribution in [0.1, 0.15) is 32.0 Å². The van der Waals surface area contributed by atoms with Gasteiger partial charge in [-0.2, -0.15) is 0 Å². The maximum Gasteiger partial charge on any atom is 0.379 e. The van der Waals surface area contributed by atoms with Gasteiger partial charge in [0.1, 0.15) is 17.1 Å². The number of halogens is 1. The van der Waals surface area contributed by atoms with Gasteiger partial charge >= 0.3 is 5.97 Å². The lowest BCUT2D eigenvalue weighted by Crippen LogP contribution is -2.08. The molecule has 0 N–H and O–H groups in total. The number of ether oxygens (including phenoxy) is 2. The Bertz CT molecular complexity index is 1390. The van der Waals surface area contributed by atoms with Gasteiger partial charge in [0, 0.05) is 27.8 Å². The van der Waals surface area contributed by atoms with Crippen LogP contribution in [0.4, 0.5) is 0 Å². The van der Waals surface area contributed by atoms with Crippen LogP contribution < -0.4 is 9.47 Å². The van der Waals surface area contributed by atoms with Crippen molar-refractivity contribution < 1.29 is 23.5 Å². The van der Waals surface area contributed by atoms with Gasteiger partial charge < -0.3 is 13.9 Å². The molecule has 0 amide bonds. The molecule has 0 spiro atoms. The second-order valence-corrected chi connectivity index (χ2v) is 7.89. The lowest BCUT2D eigenvalue weighted by Gasteiger charge is -2.09. The highest BCUT2D eigenvalue weighted by Crippen LogP contribution is 2.39. The normalized spacial score (nSPS) is 14.0. The average molecular weight is 476 g/mol. The van der Waals surface area contributed by atoms with E-state index in [-0.39, 0.29) is 17.3 Å². The van der Waals surface area contributed by atoms with E-state index in [9.17, 15) is 9.59 Å². The van der Waals surface area contributed by atoms with E-state index in [1.807, 2.05) is 18.2 Å². The van der Waals surface area contributed by atoms with Crippen LogP contribution in [0.25, 0.3) is 17.0 Å². The zero-order valence-corrected chi connectivity index (χ0v) is 17.8. The third-order valence-electron chi connectivity index (χ3n) is 4.90. The molecular formula is C24H14BrNO5. The summed E-state index contributed by atoms with van der Waals surface area (Å²) < 4.78 is 17.8. The van der Waals surface area contributed by atoms with Gasteiger partial charge in [-0.25, -0.2) is 4.79 Å². The van der Waals surface area contributed by atoms with Crippen LogP contribution in [-0.4, -0.2) is 16.7 Å². The molecule has 6 nitrogen and oxygen atoms in total. The fraction of sp³-hybridized carbons (Fsp3) is 0.0417. The van der Waals surface area contributed by atoms with Gasteiger partial charge in [0.25, 0.3) is 0 Å². The van der Waals surface area contributed by atoms with Gasteiger partial charge in [0.05, 0.1) is 5.56 Å². The van der Waals surface area contributed by atoms with Crippen molar-refractivity contribution in [3.8, 4) is 11.5 Å². The Morgan fingerprint density at radius 3 is 2.84 bits per heavy atom. The Labute approximate surface area is 185 Å². The average Bonchev–Trinajstić information content (AvgIpc) is 3.32. The van der Waals surface area contributed by atoms with E-state index >= 15 is 0 Å². The number of hydrogen-bond donors (Lipinski definition) is 0. The van der Waals surface area contributed by atoms with Crippen LogP contribution in [0.15, 0.2) is 75.6 Å². The molecule has 152 valence electrons. The Morgan fingerprint density at radius 1 is 1.16 bits per heavy atom. The van der Waals surface area contributed by atoms with Crippen LogP contribution in [0, 0.1) is 6.92 Å². The number of hydrogen-bond acceptors (Lipinski definition) is 6. The number of fused-ring (bicyclic) bond motifs is 2. The summed E-state index contributed by atoms with van der Waals surface area (Å²) in [6.45, 7) is 1.73. The smallest absolute Gasteiger partial charge is 0.379 e. The van der Waals surface area contributed by atoms with E-state index < -0.39 is 5.97 Å². The first-order valence-corrected chi connectivity index (χ1v) is 10.2. The highest BCUT2D eigenvalue weighted by molar-refractivity contribution is 9.10. The molecule has 0 saturated carbocycles. The van der Waals surface area contributed by atoms with Gasteiger partial charge in [-0.15, -0.1) is 0 Å². The van der Waals surface area contributed by atoms with E-state index in [4.69, 9.17) is 13.9 Å². The molecule has 0 fully saturated rings. The van der Waals surface area contributed by atoms with E-state index in [0.717, 1.165) is 15.4 Å². The van der Waals surface area contributed by atoms with E-state index in [1.165, 1.54) is 0 Å². The van der Waals surface area contributed by atoms with Crippen LogP contribution in [0.3, 0.4) is 0 Å². The summed E-state index contributed by atoms with van der Waals surface area (Å²) in [5.74, 6) is 0.0768. The van der Waals surface area contributed by atoms with Gasteiger partial charge in [0.15, 0.2) is 5.76 Å². The van der Waals surface area contributed by atoms with E-state index in [1.54, 1.807) is 55.7 Å². The number of allylic oxidation sites excluding steroid dienone is 1. The molecule has 0 radical (unpaired) electrons. The van der Waals surface area contributed by atoms with Crippen LogP contribution >= 0.6 is 15.9 Å². The molecule has 0 atom stereocenters. The molecule has 1 aliphatic heterocycles. The van der Waals surface area contributed by atoms with Crippen molar-refractivity contribution in [2.24, 2.45) is 0 Å². The number of aromatic nitrogens is 1. The fourth-order valence-corrected chi connectivity index (χ4v) is 3.74. The second-order valence-electron chi connectivity index (χ2n) is 6.97. The SMILES string of the molecule is Cc1c(OC(=O)c2cc3cc(Br)ccc3o2)ccc2c1O/C(=C\c1cccnc1)C2=O. The summed E-state index contributed by atoms with van der Waals surface area (Å²) in [7, 11) is 0. The second kappa shape index (κ2) is 7.52. The topological polar surface area (TPSA) is 78.6 Å². The zero-order chi connectivity index (χ0) is 21.5. The molecule has 1 aliphatic rings. The Kier molecular flexibility index (Phi) is 4.67. The molecule has 7 heteroatoms. The molecular weight excluding hydrogens is 462 g/mol. The number of carbonyl (C=O) groups is 2. The summed E-state index contributed by atoms with van der Waals surface area (Å²) in [4.78, 5) is 29.4. The van der Waals surface area contributed by atoms with E-state index in [0.29, 0.717) is 28.2 Å². The van der Waals surface area contributed by atoms with Gasteiger partial charge in [-0.1, -0.05) is 22.0 Å². The Morgan fingerprint density at radius 2 is 2.03 bits per heavy atom.